The molecule has 3 unspecified atom stereocenters. The van der Waals surface area contributed by atoms with Gasteiger partial charge in [0.25, 0.3) is 0 Å². The third kappa shape index (κ3) is 4.16. The van der Waals surface area contributed by atoms with Crippen molar-refractivity contribution in [2.45, 2.75) is 85.9 Å². The Balaban J connectivity index is 1.78. The number of carbonyl (C=O) groups is 3. The van der Waals surface area contributed by atoms with Gasteiger partial charge >= 0.3 is 11.9 Å². The highest BCUT2D eigenvalue weighted by Gasteiger charge is 2.63. The minimum atomic E-state index is -0.521. The molecule has 4 aliphatic rings. The predicted molar refractivity (Wildman–Crippen MR) is 130 cm³/mol. The Kier molecular flexibility index (Phi) is 6.60. The standard InChI is InChI=1S/C28H41NO5/c1-17-7-8-20-27(5)12-9-22(31)26(3,4)21(27)15-23(33-18(2)30)28(20,6)13-10-24(32)34-25(17)19-11-14-29-16-19/h10-11,13,17,20-21,23,25,29H,7-9,12,14-16H2,1-6H3/b13-10+/t17-,20?,21?,23-,25?,27-,28+/m1/s1. The fourth-order valence-corrected chi connectivity index (χ4v) is 7.78. The Hall–Kier alpha value is -1.95. The maximum absolute atomic E-state index is 13.0. The number of ether oxygens (including phenoxy) is 2. The van der Waals surface area contributed by atoms with Crippen LogP contribution >= 0.6 is 0 Å². The van der Waals surface area contributed by atoms with Crippen LogP contribution in [0.3, 0.4) is 0 Å². The third-order valence-corrected chi connectivity index (χ3v) is 9.73. The summed E-state index contributed by atoms with van der Waals surface area (Å²) < 4.78 is 11.9. The molecule has 2 saturated carbocycles. The summed E-state index contributed by atoms with van der Waals surface area (Å²) in [5, 5.41) is 3.32. The van der Waals surface area contributed by atoms with Crippen molar-refractivity contribution in [3.63, 3.8) is 0 Å². The van der Waals surface area contributed by atoms with Gasteiger partial charge in [0.05, 0.1) is 0 Å². The number of Topliss-reactive ketones (excluding diaryl/α,β-unsaturated/α-hetero) is 1. The largest absolute Gasteiger partial charge is 0.462 e. The van der Waals surface area contributed by atoms with Gasteiger partial charge < -0.3 is 14.8 Å². The maximum atomic E-state index is 13.0. The second kappa shape index (κ2) is 8.92. The highest BCUT2D eigenvalue weighted by atomic mass is 16.5. The van der Waals surface area contributed by atoms with Crippen molar-refractivity contribution < 1.29 is 23.9 Å². The summed E-state index contributed by atoms with van der Waals surface area (Å²) >= 11 is 0. The second-order valence-electron chi connectivity index (χ2n) is 12.1. The van der Waals surface area contributed by atoms with Gasteiger partial charge in [0, 0.05) is 43.3 Å². The first-order chi connectivity index (χ1) is 15.9. The molecule has 6 nitrogen and oxygen atoms in total. The highest BCUT2D eigenvalue weighted by molar-refractivity contribution is 5.85. The minimum Gasteiger partial charge on any atom is -0.462 e. The first kappa shape index (κ1) is 25.2. The summed E-state index contributed by atoms with van der Waals surface area (Å²) in [5.41, 5.74) is 0.0545. The molecule has 0 bridgehead atoms. The minimum absolute atomic E-state index is 0.0976. The first-order valence-corrected chi connectivity index (χ1v) is 12.9. The molecule has 2 heterocycles. The van der Waals surface area contributed by atoms with Crippen LogP contribution < -0.4 is 5.32 Å². The number of hydrogen-bond donors (Lipinski definition) is 1. The molecule has 2 aliphatic heterocycles. The molecule has 4 rings (SSSR count). The highest BCUT2D eigenvalue weighted by Crippen LogP contribution is 2.65. The lowest BCUT2D eigenvalue weighted by Crippen LogP contribution is -2.62. The number of fused-ring (bicyclic) bond motifs is 3. The zero-order valence-electron chi connectivity index (χ0n) is 21.6. The molecule has 6 heteroatoms. The number of rotatable bonds is 2. The number of ketones is 1. The van der Waals surface area contributed by atoms with E-state index in [4.69, 9.17) is 9.47 Å². The maximum Gasteiger partial charge on any atom is 0.331 e. The molecule has 0 radical (unpaired) electrons. The third-order valence-electron chi connectivity index (χ3n) is 9.73. The number of nitrogens with one attached hydrogen (secondary N) is 1. The molecule has 2 aliphatic carbocycles. The van der Waals surface area contributed by atoms with E-state index in [0.29, 0.717) is 18.6 Å². The Morgan fingerprint density at radius 1 is 1.15 bits per heavy atom. The van der Waals surface area contributed by atoms with Crippen molar-refractivity contribution in [3.8, 4) is 0 Å². The monoisotopic (exact) mass is 471 g/mol. The van der Waals surface area contributed by atoms with E-state index < -0.39 is 16.9 Å². The summed E-state index contributed by atoms with van der Waals surface area (Å²) in [6.45, 7) is 13.8. The van der Waals surface area contributed by atoms with Crippen LogP contribution in [0, 0.1) is 34.0 Å². The molecule has 7 atom stereocenters. The molecule has 0 aromatic heterocycles. The van der Waals surface area contributed by atoms with E-state index >= 15 is 0 Å². The number of esters is 2. The van der Waals surface area contributed by atoms with E-state index in [1.54, 1.807) is 6.08 Å². The zero-order valence-corrected chi connectivity index (χ0v) is 21.6. The van der Waals surface area contributed by atoms with Gasteiger partial charge in [-0.2, -0.15) is 0 Å². The molecule has 1 N–H and O–H groups in total. The molecule has 0 spiro atoms. The van der Waals surface area contributed by atoms with Gasteiger partial charge in [-0.25, -0.2) is 4.79 Å². The van der Waals surface area contributed by atoms with Gasteiger partial charge in [0.15, 0.2) is 0 Å². The summed E-state index contributed by atoms with van der Waals surface area (Å²) in [6, 6.07) is 0. The van der Waals surface area contributed by atoms with Crippen LogP contribution in [-0.4, -0.2) is 43.0 Å². The van der Waals surface area contributed by atoms with Crippen LogP contribution in [0.1, 0.15) is 73.6 Å². The lowest BCUT2D eigenvalue weighted by molar-refractivity contribution is -0.193. The molecule has 0 saturated heterocycles. The summed E-state index contributed by atoms with van der Waals surface area (Å²) in [7, 11) is 0. The quantitative estimate of drug-likeness (QED) is 0.475. The van der Waals surface area contributed by atoms with E-state index in [1.165, 1.54) is 6.92 Å². The number of carbonyl (C=O) groups excluding carboxylic acids is 3. The van der Waals surface area contributed by atoms with Crippen molar-refractivity contribution in [1.29, 1.82) is 0 Å². The van der Waals surface area contributed by atoms with Crippen LogP contribution in [0.5, 0.6) is 0 Å². The SMILES string of the molecule is CC(=O)O[C@@H]1CC2C(C)(C)C(=O)CC[C@]2(C)C2CC[C@@H](C)C(C3=CCNC3)OC(=O)/C=C/[C@@]21C. The van der Waals surface area contributed by atoms with Crippen molar-refractivity contribution in [2.75, 3.05) is 13.1 Å². The predicted octanol–water partition coefficient (Wildman–Crippen LogP) is 4.38. The normalized spacial score (nSPS) is 43.1. The van der Waals surface area contributed by atoms with E-state index in [1.807, 2.05) is 6.08 Å². The number of hydrogen-bond acceptors (Lipinski definition) is 6. The molecular weight excluding hydrogens is 430 g/mol. The summed E-state index contributed by atoms with van der Waals surface area (Å²) in [6.07, 6.45) is 8.86. The smallest absolute Gasteiger partial charge is 0.331 e. The lowest BCUT2D eigenvalue weighted by Gasteiger charge is -2.63. The van der Waals surface area contributed by atoms with Gasteiger partial charge in [-0.05, 0) is 54.4 Å². The Bertz CT molecular complexity index is 920. The molecule has 188 valence electrons. The van der Waals surface area contributed by atoms with Gasteiger partial charge in [0.1, 0.15) is 18.0 Å². The summed E-state index contributed by atoms with van der Waals surface area (Å²) in [5.74, 6) is 0.0694. The first-order valence-electron chi connectivity index (χ1n) is 12.9. The second-order valence-corrected chi connectivity index (χ2v) is 12.1. The van der Waals surface area contributed by atoms with Crippen LogP contribution in [0.4, 0.5) is 0 Å². The molecule has 2 fully saturated rings. The molecular formula is C28H41NO5. The Morgan fingerprint density at radius 3 is 2.53 bits per heavy atom. The summed E-state index contributed by atoms with van der Waals surface area (Å²) in [4.78, 5) is 38.1. The Morgan fingerprint density at radius 2 is 1.88 bits per heavy atom. The van der Waals surface area contributed by atoms with Crippen LogP contribution in [-0.2, 0) is 23.9 Å². The average Bonchev–Trinajstić information content (AvgIpc) is 3.29. The van der Waals surface area contributed by atoms with Crippen LogP contribution in [0.25, 0.3) is 0 Å². The number of cyclic esters (lactones) is 1. The topological polar surface area (TPSA) is 81.7 Å². The van der Waals surface area contributed by atoms with Crippen molar-refractivity contribution in [2.24, 2.45) is 34.0 Å². The van der Waals surface area contributed by atoms with Gasteiger partial charge in [0.2, 0.25) is 0 Å². The molecule has 34 heavy (non-hydrogen) atoms. The van der Waals surface area contributed by atoms with E-state index in [-0.39, 0.29) is 41.2 Å². The fourth-order valence-electron chi connectivity index (χ4n) is 7.78. The van der Waals surface area contributed by atoms with E-state index in [0.717, 1.165) is 37.9 Å². The van der Waals surface area contributed by atoms with E-state index in [9.17, 15) is 14.4 Å². The van der Waals surface area contributed by atoms with Crippen molar-refractivity contribution in [3.05, 3.63) is 23.8 Å². The van der Waals surface area contributed by atoms with Crippen LogP contribution in [0.15, 0.2) is 23.8 Å². The average molecular weight is 472 g/mol. The zero-order chi connectivity index (χ0) is 24.9. The van der Waals surface area contributed by atoms with Crippen molar-refractivity contribution in [1.82, 2.24) is 5.32 Å². The molecule has 0 amide bonds. The Labute approximate surface area is 203 Å². The van der Waals surface area contributed by atoms with Crippen LogP contribution in [0.2, 0.25) is 0 Å². The van der Waals surface area contributed by atoms with Crippen molar-refractivity contribution >= 4 is 17.7 Å². The van der Waals surface area contributed by atoms with Gasteiger partial charge in [-0.1, -0.05) is 46.8 Å². The lowest BCUT2D eigenvalue weighted by atomic mass is 9.41. The molecule has 0 aromatic rings. The fraction of sp³-hybridized carbons (Fsp3) is 0.750. The van der Waals surface area contributed by atoms with Gasteiger partial charge in [-0.15, -0.1) is 0 Å². The van der Waals surface area contributed by atoms with E-state index in [2.05, 4.69) is 46.0 Å². The molecule has 0 aromatic carbocycles. The van der Waals surface area contributed by atoms with Gasteiger partial charge in [-0.3, -0.25) is 9.59 Å².